The molecule has 0 fully saturated rings. The summed E-state index contributed by atoms with van der Waals surface area (Å²) >= 11 is 3.26. The van der Waals surface area contributed by atoms with Crippen LogP contribution in [0, 0.1) is 21.4 Å². The highest BCUT2D eigenvalue weighted by atomic mass is 79.9. The molecule has 0 aromatic heterocycles. The summed E-state index contributed by atoms with van der Waals surface area (Å²) in [6.07, 6.45) is 6.40. The molecular formula is C17H22BrN3O4. The third kappa shape index (κ3) is 7.52. The van der Waals surface area contributed by atoms with Crippen molar-refractivity contribution in [3.63, 3.8) is 0 Å². The van der Waals surface area contributed by atoms with Crippen molar-refractivity contribution >= 4 is 33.2 Å². The van der Waals surface area contributed by atoms with Crippen molar-refractivity contribution in [3.8, 4) is 11.8 Å². The normalized spacial score (nSPS) is 10.1. The van der Waals surface area contributed by atoms with Gasteiger partial charge in [-0.15, -0.1) is 0 Å². The maximum atomic E-state index is 11.6. The standard InChI is InChI=1S/C17H22BrN3O4/c1-2-3-4-5-6-7-10-25-16-12-14(20-17(22)8-9-19)15(21(23)24)11-13(16)18/h11-12H,2-8,10H2,1H3,(H,20,22). The van der Waals surface area contributed by atoms with Gasteiger partial charge in [-0.2, -0.15) is 5.26 Å². The molecule has 7 nitrogen and oxygen atoms in total. The molecule has 25 heavy (non-hydrogen) atoms. The molecule has 0 heterocycles. The van der Waals surface area contributed by atoms with Crippen LogP contribution in [0.3, 0.4) is 0 Å². The lowest BCUT2D eigenvalue weighted by Crippen LogP contribution is -2.12. The van der Waals surface area contributed by atoms with Crippen molar-refractivity contribution < 1.29 is 14.5 Å². The monoisotopic (exact) mass is 411 g/mol. The predicted molar refractivity (Wildman–Crippen MR) is 98.5 cm³/mol. The molecule has 1 amide bonds. The zero-order chi connectivity index (χ0) is 18.7. The minimum Gasteiger partial charge on any atom is -0.492 e. The van der Waals surface area contributed by atoms with Crippen LogP contribution in [0.5, 0.6) is 5.75 Å². The third-order valence-electron chi connectivity index (χ3n) is 3.52. The summed E-state index contributed by atoms with van der Waals surface area (Å²) in [7, 11) is 0. The highest BCUT2D eigenvalue weighted by Crippen LogP contribution is 2.36. The number of nitro groups is 1. The van der Waals surface area contributed by atoms with E-state index in [1.165, 1.54) is 31.4 Å². The quantitative estimate of drug-likeness (QED) is 0.315. The van der Waals surface area contributed by atoms with Crippen LogP contribution in [-0.2, 0) is 4.79 Å². The number of benzene rings is 1. The molecule has 1 aromatic rings. The first-order valence-electron chi connectivity index (χ1n) is 8.27. The van der Waals surface area contributed by atoms with Gasteiger partial charge in [0.15, 0.2) is 0 Å². The Morgan fingerprint density at radius 2 is 2.00 bits per heavy atom. The molecule has 0 radical (unpaired) electrons. The maximum Gasteiger partial charge on any atom is 0.294 e. The molecule has 0 aliphatic carbocycles. The number of ether oxygens (including phenoxy) is 1. The number of carbonyl (C=O) groups excluding carboxylic acids is 1. The van der Waals surface area contributed by atoms with Crippen LogP contribution in [0.15, 0.2) is 16.6 Å². The summed E-state index contributed by atoms with van der Waals surface area (Å²) in [5.41, 5.74) is -0.239. The van der Waals surface area contributed by atoms with Crippen LogP contribution in [0.1, 0.15) is 51.9 Å². The Balaban J connectivity index is 2.71. The minimum absolute atomic E-state index is 0.0198. The number of hydrogen-bond donors (Lipinski definition) is 1. The fraction of sp³-hybridized carbons (Fsp3) is 0.529. The van der Waals surface area contributed by atoms with Gasteiger partial charge < -0.3 is 10.1 Å². The molecule has 1 aromatic carbocycles. The van der Waals surface area contributed by atoms with Gasteiger partial charge >= 0.3 is 0 Å². The van der Waals surface area contributed by atoms with Gasteiger partial charge in [-0.1, -0.05) is 39.0 Å². The highest BCUT2D eigenvalue weighted by molar-refractivity contribution is 9.10. The molecule has 8 heteroatoms. The molecule has 1 rings (SSSR count). The second-order valence-corrected chi connectivity index (χ2v) is 6.41. The molecule has 136 valence electrons. The van der Waals surface area contributed by atoms with E-state index in [-0.39, 0.29) is 17.8 Å². The predicted octanol–water partition coefficient (Wildman–Crippen LogP) is 4.95. The van der Waals surface area contributed by atoms with Crippen molar-refractivity contribution in [2.75, 3.05) is 11.9 Å². The Morgan fingerprint density at radius 3 is 2.64 bits per heavy atom. The summed E-state index contributed by atoms with van der Waals surface area (Å²) < 4.78 is 6.12. The van der Waals surface area contributed by atoms with Gasteiger partial charge in [0.25, 0.3) is 5.69 Å². The summed E-state index contributed by atoms with van der Waals surface area (Å²) in [5, 5.41) is 22.1. The lowest BCUT2D eigenvalue weighted by atomic mass is 10.1. The van der Waals surface area contributed by atoms with Gasteiger partial charge in [-0.3, -0.25) is 14.9 Å². The average Bonchev–Trinajstić information content (AvgIpc) is 2.56. The Labute approximate surface area is 155 Å². The summed E-state index contributed by atoms with van der Waals surface area (Å²) in [6, 6.07) is 4.40. The zero-order valence-electron chi connectivity index (χ0n) is 14.2. The molecule has 0 atom stereocenters. The largest absolute Gasteiger partial charge is 0.492 e. The van der Waals surface area contributed by atoms with Crippen molar-refractivity contribution in [2.45, 2.75) is 51.9 Å². The number of nitriles is 1. The molecule has 0 aliphatic rings. The van der Waals surface area contributed by atoms with Gasteiger partial charge in [0.05, 0.1) is 22.1 Å². The van der Waals surface area contributed by atoms with Gasteiger partial charge in [-0.05, 0) is 22.4 Å². The van der Waals surface area contributed by atoms with E-state index in [1.807, 2.05) is 0 Å². The average molecular weight is 412 g/mol. The molecule has 0 saturated carbocycles. The van der Waals surface area contributed by atoms with Gasteiger partial charge in [0.1, 0.15) is 17.9 Å². The van der Waals surface area contributed by atoms with Crippen LogP contribution in [-0.4, -0.2) is 17.4 Å². The van der Waals surface area contributed by atoms with E-state index in [9.17, 15) is 14.9 Å². The first-order chi connectivity index (χ1) is 12.0. The van der Waals surface area contributed by atoms with Crippen LogP contribution < -0.4 is 10.1 Å². The van der Waals surface area contributed by atoms with Gasteiger partial charge in [0, 0.05) is 12.1 Å². The molecule has 1 N–H and O–H groups in total. The molecular weight excluding hydrogens is 390 g/mol. The second-order valence-electron chi connectivity index (χ2n) is 5.56. The molecule has 0 aliphatic heterocycles. The minimum atomic E-state index is -0.602. The number of nitrogens with one attached hydrogen (secondary N) is 1. The first kappa shape index (κ1) is 20.9. The van der Waals surface area contributed by atoms with Crippen LogP contribution in [0.25, 0.3) is 0 Å². The van der Waals surface area contributed by atoms with E-state index >= 15 is 0 Å². The number of halogens is 1. The van der Waals surface area contributed by atoms with Crippen LogP contribution >= 0.6 is 15.9 Å². The topological polar surface area (TPSA) is 105 Å². The Kier molecular flexibility index (Phi) is 9.55. The second kappa shape index (κ2) is 11.4. The molecule has 0 bridgehead atoms. The van der Waals surface area contributed by atoms with E-state index in [1.54, 1.807) is 6.07 Å². The van der Waals surface area contributed by atoms with Gasteiger partial charge in [-0.25, -0.2) is 0 Å². The summed E-state index contributed by atoms with van der Waals surface area (Å²) in [6.45, 7) is 2.66. The lowest BCUT2D eigenvalue weighted by Gasteiger charge is -2.11. The van der Waals surface area contributed by atoms with Crippen LogP contribution in [0.2, 0.25) is 0 Å². The number of nitro benzene ring substituents is 1. The van der Waals surface area contributed by atoms with E-state index in [2.05, 4.69) is 28.2 Å². The number of carbonyl (C=O) groups is 1. The highest BCUT2D eigenvalue weighted by Gasteiger charge is 2.19. The molecule has 0 saturated heterocycles. The fourth-order valence-electron chi connectivity index (χ4n) is 2.24. The number of nitrogens with zero attached hydrogens (tertiary/aromatic N) is 2. The smallest absolute Gasteiger partial charge is 0.294 e. The number of amides is 1. The van der Waals surface area contributed by atoms with Crippen molar-refractivity contribution in [3.05, 3.63) is 26.7 Å². The number of unbranched alkanes of at least 4 members (excludes halogenated alkanes) is 5. The lowest BCUT2D eigenvalue weighted by molar-refractivity contribution is -0.384. The molecule has 0 unspecified atom stereocenters. The maximum absolute atomic E-state index is 11.6. The van der Waals surface area contributed by atoms with E-state index < -0.39 is 10.8 Å². The first-order valence-corrected chi connectivity index (χ1v) is 9.06. The van der Waals surface area contributed by atoms with Crippen molar-refractivity contribution in [1.29, 1.82) is 5.26 Å². The Bertz CT molecular complexity index is 644. The summed E-state index contributed by atoms with van der Waals surface area (Å²) in [5.74, 6) is -0.179. The Hall–Kier alpha value is -2.14. The molecule has 0 spiro atoms. The van der Waals surface area contributed by atoms with E-state index in [0.717, 1.165) is 19.3 Å². The Morgan fingerprint density at radius 1 is 1.32 bits per heavy atom. The van der Waals surface area contributed by atoms with Crippen molar-refractivity contribution in [1.82, 2.24) is 0 Å². The zero-order valence-corrected chi connectivity index (χ0v) is 15.8. The van der Waals surface area contributed by atoms with E-state index in [4.69, 9.17) is 10.00 Å². The van der Waals surface area contributed by atoms with Crippen molar-refractivity contribution in [2.24, 2.45) is 0 Å². The van der Waals surface area contributed by atoms with Gasteiger partial charge in [0.2, 0.25) is 5.91 Å². The van der Waals surface area contributed by atoms with E-state index in [0.29, 0.717) is 16.8 Å². The van der Waals surface area contributed by atoms with Crippen LogP contribution in [0.4, 0.5) is 11.4 Å². The number of anilines is 1. The third-order valence-corrected chi connectivity index (χ3v) is 4.14. The summed E-state index contributed by atoms with van der Waals surface area (Å²) in [4.78, 5) is 22.1. The SMILES string of the molecule is CCCCCCCCOc1cc(NC(=O)CC#N)c([N+](=O)[O-])cc1Br. The number of rotatable bonds is 11. The fourth-order valence-corrected chi connectivity index (χ4v) is 2.68. The number of hydrogen-bond acceptors (Lipinski definition) is 5.